The average molecular weight is 540 g/mol. The van der Waals surface area contributed by atoms with E-state index in [-0.39, 0.29) is 23.8 Å². The maximum absolute atomic E-state index is 12.6. The average Bonchev–Trinajstić information content (AvgIpc) is 3.30. The lowest BCUT2D eigenvalue weighted by molar-refractivity contribution is -0.144. The summed E-state index contributed by atoms with van der Waals surface area (Å²) in [6, 6.07) is 7.16. The molecule has 0 spiro atoms. The summed E-state index contributed by atoms with van der Waals surface area (Å²) in [5.41, 5.74) is 0.671. The number of carboxylic acids is 1. The molecule has 2 N–H and O–H groups in total. The first-order chi connectivity index (χ1) is 14.7. The molecule has 0 saturated carbocycles. The summed E-state index contributed by atoms with van der Waals surface area (Å²) in [6.45, 7) is 1.26. The standard InChI is InChI=1S/C20H17IN2O8/c1-10(18(25)26)30-15-5-3-11(7-13(15)21)8-14-17(24)23(20(28)22-14)9-12-4-6-16(31-12)19(27)29-2/h3-8,10H,9H2,1-2H3,(H,22,28)(H,25,26)/b14-8-/t10-/m0/s1. The molecule has 0 unspecified atom stereocenters. The quantitative estimate of drug-likeness (QED) is 0.237. The molecule has 10 nitrogen and oxygen atoms in total. The first-order valence-electron chi connectivity index (χ1n) is 8.90. The third kappa shape index (κ3) is 5.05. The van der Waals surface area contributed by atoms with Crippen molar-refractivity contribution in [1.29, 1.82) is 0 Å². The number of hydrogen-bond donors (Lipinski definition) is 2. The Labute approximate surface area is 189 Å². The smallest absolute Gasteiger partial charge is 0.373 e. The number of carbonyl (C=O) groups is 4. The number of carboxylic acid groups (broad SMARTS) is 1. The van der Waals surface area contributed by atoms with Gasteiger partial charge in [-0.3, -0.25) is 9.69 Å². The van der Waals surface area contributed by atoms with E-state index in [0.29, 0.717) is 14.9 Å². The Morgan fingerprint density at radius 3 is 2.68 bits per heavy atom. The highest BCUT2D eigenvalue weighted by Gasteiger charge is 2.34. The van der Waals surface area contributed by atoms with Gasteiger partial charge < -0.3 is 24.3 Å². The van der Waals surface area contributed by atoms with Crippen LogP contribution in [0.1, 0.15) is 28.8 Å². The van der Waals surface area contributed by atoms with E-state index in [1.54, 1.807) is 18.2 Å². The third-order valence-corrected chi connectivity index (χ3v) is 5.09. The first kappa shape index (κ1) is 22.3. The van der Waals surface area contributed by atoms with Crippen molar-refractivity contribution in [1.82, 2.24) is 10.2 Å². The summed E-state index contributed by atoms with van der Waals surface area (Å²) in [6.07, 6.45) is 0.484. The van der Waals surface area contributed by atoms with E-state index in [4.69, 9.17) is 14.3 Å². The lowest BCUT2D eigenvalue weighted by Gasteiger charge is -2.12. The molecule has 1 aromatic heterocycles. The Balaban J connectivity index is 1.74. The van der Waals surface area contributed by atoms with Crippen LogP contribution in [0.15, 0.2) is 40.4 Å². The van der Waals surface area contributed by atoms with E-state index in [2.05, 4.69) is 10.1 Å². The molecule has 162 valence electrons. The van der Waals surface area contributed by atoms with E-state index in [1.165, 1.54) is 32.2 Å². The molecule has 1 saturated heterocycles. The van der Waals surface area contributed by atoms with Crippen molar-refractivity contribution in [3.8, 4) is 5.75 Å². The molecule has 31 heavy (non-hydrogen) atoms. The van der Waals surface area contributed by atoms with Crippen LogP contribution in [0.2, 0.25) is 0 Å². The van der Waals surface area contributed by atoms with Gasteiger partial charge in [-0.1, -0.05) is 6.07 Å². The molecular weight excluding hydrogens is 523 g/mol. The van der Waals surface area contributed by atoms with Gasteiger partial charge in [-0.15, -0.1) is 0 Å². The van der Waals surface area contributed by atoms with Crippen molar-refractivity contribution in [2.45, 2.75) is 19.6 Å². The normalized spacial score (nSPS) is 15.7. The van der Waals surface area contributed by atoms with Gasteiger partial charge in [0, 0.05) is 0 Å². The number of carbonyl (C=O) groups excluding carboxylic acids is 3. The van der Waals surface area contributed by atoms with Gasteiger partial charge in [0.25, 0.3) is 5.91 Å². The summed E-state index contributed by atoms with van der Waals surface area (Å²) in [4.78, 5) is 48.2. The second kappa shape index (κ2) is 9.20. The lowest BCUT2D eigenvalue weighted by atomic mass is 10.2. The predicted octanol–water partition coefficient (Wildman–Crippen LogP) is 2.62. The molecule has 1 fully saturated rings. The van der Waals surface area contributed by atoms with Crippen molar-refractivity contribution in [3.63, 3.8) is 0 Å². The summed E-state index contributed by atoms with van der Waals surface area (Å²) in [7, 11) is 1.21. The number of rotatable bonds is 7. The maximum Gasteiger partial charge on any atom is 0.373 e. The number of amides is 3. The fraction of sp³-hybridized carbons (Fsp3) is 0.200. The Morgan fingerprint density at radius 1 is 1.29 bits per heavy atom. The number of aliphatic carboxylic acids is 1. The van der Waals surface area contributed by atoms with E-state index in [0.717, 1.165) is 4.90 Å². The van der Waals surface area contributed by atoms with Gasteiger partial charge in [-0.2, -0.15) is 0 Å². The number of furan rings is 1. The number of imide groups is 1. The van der Waals surface area contributed by atoms with Crippen LogP contribution in [-0.2, 0) is 20.9 Å². The van der Waals surface area contributed by atoms with Crippen molar-refractivity contribution >= 4 is 52.5 Å². The highest BCUT2D eigenvalue weighted by molar-refractivity contribution is 14.1. The van der Waals surface area contributed by atoms with Crippen molar-refractivity contribution in [3.05, 3.63) is 56.7 Å². The van der Waals surface area contributed by atoms with Crippen LogP contribution in [0.5, 0.6) is 5.75 Å². The third-order valence-electron chi connectivity index (χ3n) is 4.24. The summed E-state index contributed by atoms with van der Waals surface area (Å²) < 4.78 is 15.9. The fourth-order valence-corrected chi connectivity index (χ4v) is 3.32. The molecule has 2 heterocycles. The van der Waals surface area contributed by atoms with E-state index < -0.39 is 30.0 Å². The lowest BCUT2D eigenvalue weighted by Crippen LogP contribution is -2.30. The Hall–Kier alpha value is -3.35. The SMILES string of the molecule is COC(=O)c1ccc(CN2C(=O)N/C(=C\c3ccc(O[C@@H](C)C(=O)O)c(I)c3)C2=O)o1. The molecule has 1 aliphatic heterocycles. The van der Waals surface area contributed by atoms with Gasteiger partial charge in [0.1, 0.15) is 17.2 Å². The first-order valence-corrected chi connectivity index (χ1v) is 9.98. The summed E-state index contributed by atoms with van der Waals surface area (Å²) >= 11 is 1.99. The van der Waals surface area contributed by atoms with Crippen LogP contribution in [-0.4, -0.2) is 47.1 Å². The molecule has 1 aromatic carbocycles. The Kier molecular flexibility index (Phi) is 6.63. The van der Waals surface area contributed by atoms with Crippen LogP contribution in [0.3, 0.4) is 0 Å². The number of ether oxygens (including phenoxy) is 2. The second-order valence-corrected chi connectivity index (χ2v) is 7.59. The van der Waals surface area contributed by atoms with E-state index >= 15 is 0 Å². The van der Waals surface area contributed by atoms with Crippen LogP contribution in [0, 0.1) is 3.57 Å². The highest BCUT2D eigenvalue weighted by Crippen LogP contribution is 2.25. The molecular formula is C20H17IN2O8. The number of urea groups is 1. The largest absolute Gasteiger partial charge is 0.479 e. The number of nitrogens with zero attached hydrogens (tertiary/aromatic N) is 1. The number of esters is 1. The zero-order chi connectivity index (χ0) is 22.7. The molecule has 2 aromatic rings. The molecule has 1 atom stereocenters. The van der Waals surface area contributed by atoms with Crippen LogP contribution in [0.25, 0.3) is 6.08 Å². The Morgan fingerprint density at radius 2 is 2.03 bits per heavy atom. The van der Waals surface area contributed by atoms with Crippen molar-refractivity contribution in [2.24, 2.45) is 0 Å². The van der Waals surface area contributed by atoms with Gasteiger partial charge >= 0.3 is 18.0 Å². The predicted molar refractivity (Wildman–Crippen MR) is 114 cm³/mol. The number of benzene rings is 1. The monoisotopic (exact) mass is 540 g/mol. The number of methoxy groups -OCH3 is 1. The topological polar surface area (TPSA) is 135 Å². The van der Waals surface area contributed by atoms with Crippen LogP contribution >= 0.6 is 22.6 Å². The number of hydrogen-bond acceptors (Lipinski definition) is 7. The Bertz CT molecular complexity index is 1090. The minimum Gasteiger partial charge on any atom is -0.479 e. The molecule has 0 bridgehead atoms. The molecule has 3 amide bonds. The van der Waals surface area contributed by atoms with E-state index in [9.17, 15) is 19.2 Å². The van der Waals surface area contributed by atoms with Crippen molar-refractivity contribution < 1.29 is 38.2 Å². The van der Waals surface area contributed by atoms with Gasteiger partial charge in [0.2, 0.25) is 5.76 Å². The van der Waals surface area contributed by atoms with Crippen LogP contribution in [0.4, 0.5) is 4.79 Å². The molecule has 0 radical (unpaired) electrons. The minimum absolute atomic E-state index is 0.0329. The molecule has 3 rings (SSSR count). The summed E-state index contributed by atoms with van der Waals surface area (Å²) in [5, 5.41) is 11.5. The van der Waals surface area contributed by atoms with Gasteiger partial charge in [0.05, 0.1) is 17.2 Å². The fourth-order valence-electron chi connectivity index (χ4n) is 2.65. The second-order valence-electron chi connectivity index (χ2n) is 6.43. The van der Waals surface area contributed by atoms with E-state index in [1.807, 2.05) is 22.6 Å². The minimum atomic E-state index is -1.09. The van der Waals surface area contributed by atoms with Crippen LogP contribution < -0.4 is 10.1 Å². The van der Waals surface area contributed by atoms with Crippen molar-refractivity contribution in [2.75, 3.05) is 7.11 Å². The zero-order valence-electron chi connectivity index (χ0n) is 16.4. The van der Waals surface area contributed by atoms with Gasteiger partial charge in [0.15, 0.2) is 6.10 Å². The zero-order valence-corrected chi connectivity index (χ0v) is 18.5. The molecule has 11 heteroatoms. The number of halogens is 1. The highest BCUT2D eigenvalue weighted by atomic mass is 127. The van der Waals surface area contributed by atoms with Gasteiger partial charge in [-0.25, -0.2) is 14.4 Å². The summed E-state index contributed by atoms with van der Waals surface area (Å²) in [5.74, 6) is -1.71. The number of nitrogens with one attached hydrogen (secondary N) is 1. The molecule has 0 aliphatic carbocycles. The van der Waals surface area contributed by atoms with Gasteiger partial charge in [-0.05, 0) is 65.4 Å². The molecule has 1 aliphatic rings. The maximum atomic E-state index is 12.6.